The van der Waals surface area contributed by atoms with Gasteiger partial charge in [0.2, 0.25) is 0 Å². The SMILES string of the molecule is CCN(C(=O)OC)c1ccc2c(c1)/C(=C/c1cnc[nH]1)CCN2. The van der Waals surface area contributed by atoms with E-state index in [1.807, 2.05) is 25.1 Å². The first kappa shape index (κ1) is 15.1. The predicted molar refractivity (Wildman–Crippen MR) is 91.4 cm³/mol. The van der Waals surface area contributed by atoms with Crippen molar-refractivity contribution in [1.29, 1.82) is 0 Å². The number of aromatic nitrogens is 2. The van der Waals surface area contributed by atoms with Crippen LogP contribution in [-0.2, 0) is 4.74 Å². The first-order chi connectivity index (χ1) is 11.2. The Labute approximate surface area is 135 Å². The first-order valence-electron chi connectivity index (χ1n) is 7.65. The summed E-state index contributed by atoms with van der Waals surface area (Å²) < 4.78 is 4.86. The lowest BCUT2D eigenvalue weighted by Gasteiger charge is -2.25. The summed E-state index contributed by atoms with van der Waals surface area (Å²) >= 11 is 0. The van der Waals surface area contributed by atoms with E-state index >= 15 is 0 Å². The molecule has 0 saturated heterocycles. The Balaban J connectivity index is 2.01. The first-order valence-corrected chi connectivity index (χ1v) is 7.65. The summed E-state index contributed by atoms with van der Waals surface area (Å²) in [5.74, 6) is 0. The molecule has 0 aliphatic carbocycles. The molecule has 0 unspecified atom stereocenters. The molecule has 1 aliphatic heterocycles. The summed E-state index contributed by atoms with van der Waals surface area (Å²) in [6, 6.07) is 5.98. The van der Waals surface area contributed by atoms with Crippen molar-refractivity contribution in [2.45, 2.75) is 13.3 Å². The van der Waals surface area contributed by atoms with Crippen molar-refractivity contribution in [3.05, 3.63) is 42.0 Å². The van der Waals surface area contributed by atoms with Crippen LogP contribution < -0.4 is 10.2 Å². The Morgan fingerprint density at radius 1 is 1.48 bits per heavy atom. The van der Waals surface area contributed by atoms with E-state index in [1.165, 1.54) is 12.7 Å². The molecule has 1 aliphatic rings. The maximum Gasteiger partial charge on any atom is 0.413 e. The number of aromatic amines is 1. The van der Waals surface area contributed by atoms with Gasteiger partial charge in [0.05, 0.1) is 25.3 Å². The van der Waals surface area contributed by atoms with Gasteiger partial charge in [-0.3, -0.25) is 4.90 Å². The number of imidazole rings is 1. The average molecular weight is 312 g/mol. The summed E-state index contributed by atoms with van der Waals surface area (Å²) in [5.41, 5.74) is 5.19. The van der Waals surface area contributed by atoms with Gasteiger partial charge in [-0.2, -0.15) is 0 Å². The van der Waals surface area contributed by atoms with E-state index in [0.29, 0.717) is 6.54 Å². The third kappa shape index (κ3) is 3.06. The summed E-state index contributed by atoms with van der Waals surface area (Å²) in [6.45, 7) is 3.37. The summed E-state index contributed by atoms with van der Waals surface area (Å²) in [6.07, 6.45) is 6.13. The van der Waals surface area contributed by atoms with Crippen LogP contribution in [0.2, 0.25) is 0 Å². The number of ether oxygens (including phenoxy) is 1. The number of rotatable bonds is 3. The van der Waals surface area contributed by atoms with E-state index in [1.54, 1.807) is 17.4 Å². The highest BCUT2D eigenvalue weighted by Gasteiger charge is 2.19. The van der Waals surface area contributed by atoms with Gasteiger partial charge in [0.1, 0.15) is 0 Å². The van der Waals surface area contributed by atoms with E-state index < -0.39 is 0 Å². The van der Waals surface area contributed by atoms with Crippen LogP contribution >= 0.6 is 0 Å². The molecule has 2 N–H and O–H groups in total. The molecule has 120 valence electrons. The number of methoxy groups -OCH3 is 1. The monoisotopic (exact) mass is 312 g/mol. The number of carbonyl (C=O) groups is 1. The number of hydrogen-bond acceptors (Lipinski definition) is 4. The van der Waals surface area contributed by atoms with Crippen molar-refractivity contribution in [1.82, 2.24) is 9.97 Å². The normalized spacial score (nSPS) is 15.0. The number of amides is 1. The van der Waals surface area contributed by atoms with Gasteiger partial charge in [-0.05, 0) is 43.2 Å². The molecule has 0 spiro atoms. The van der Waals surface area contributed by atoms with Gasteiger partial charge in [-0.15, -0.1) is 0 Å². The second-order valence-electron chi connectivity index (χ2n) is 5.30. The van der Waals surface area contributed by atoms with Gasteiger partial charge in [-0.1, -0.05) is 0 Å². The number of fused-ring (bicyclic) bond motifs is 1. The van der Waals surface area contributed by atoms with E-state index in [4.69, 9.17) is 4.74 Å². The molecule has 0 radical (unpaired) electrons. The number of H-pyrrole nitrogens is 1. The maximum absolute atomic E-state index is 11.9. The molecule has 2 heterocycles. The van der Waals surface area contributed by atoms with E-state index in [0.717, 1.165) is 35.6 Å². The zero-order chi connectivity index (χ0) is 16.2. The second-order valence-corrected chi connectivity index (χ2v) is 5.30. The van der Waals surface area contributed by atoms with Crippen LogP contribution in [0.5, 0.6) is 0 Å². The van der Waals surface area contributed by atoms with Gasteiger partial charge < -0.3 is 15.0 Å². The quantitative estimate of drug-likeness (QED) is 0.911. The second kappa shape index (κ2) is 6.56. The van der Waals surface area contributed by atoms with Crippen molar-refractivity contribution in [3.8, 4) is 0 Å². The minimum absolute atomic E-state index is 0.352. The van der Waals surface area contributed by atoms with Crippen LogP contribution in [0.15, 0.2) is 30.7 Å². The molecule has 23 heavy (non-hydrogen) atoms. The number of carbonyl (C=O) groups excluding carboxylic acids is 1. The third-order valence-electron chi connectivity index (χ3n) is 3.93. The van der Waals surface area contributed by atoms with Crippen LogP contribution in [0.25, 0.3) is 11.6 Å². The highest BCUT2D eigenvalue weighted by Crippen LogP contribution is 2.35. The topological polar surface area (TPSA) is 70.2 Å². The number of benzene rings is 1. The summed E-state index contributed by atoms with van der Waals surface area (Å²) in [5, 5.41) is 3.40. The highest BCUT2D eigenvalue weighted by molar-refractivity contribution is 5.93. The van der Waals surface area contributed by atoms with E-state index in [2.05, 4.69) is 21.4 Å². The molecule has 0 atom stereocenters. The lowest BCUT2D eigenvalue weighted by molar-refractivity contribution is 0.179. The van der Waals surface area contributed by atoms with E-state index in [-0.39, 0.29) is 6.09 Å². The minimum atomic E-state index is -0.352. The Kier molecular flexibility index (Phi) is 4.32. The van der Waals surface area contributed by atoms with Gasteiger partial charge in [0.25, 0.3) is 0 Å². The van der Waals surface area contributed by atoms with Crippen LogP contribution in [0, 0.1) is 0 Å². The molecule has 1 amide bonds. The van der Waals surface area contributed by atoms with Crippen molar-refractivity contribution in [2.75, 3.05) is 30.4 Å². The smallest absolute Gasteiger partial charge is 0.413 e. The molecule has 0 fully saturated rings. The molecule has 2 aromatic rings. The maximum atomic E-state index is 11.9. The lowest BCUT2D eigenvalue weighted by Crippen LogP contribution is -2.30. The van der Waals surface area contributed by atoms with Crippen molar-refractivity contribution >= 4 is 29.1 Å². The Hall–Kier alpha value is -2.76. The number of anilines is 2. The van der Waals surface area contributed by atoms with Crippen molar-refractivity contribution in [2.24, 2.45) is 0 Å². The average Bonchev–Trinajstić information content (AvgIpc) is 3.09. The van der Waals surface area contributed by atoms with Crippen LogP contribution in [0.3, 0.4) is 0 Å². The van der Waals surface area contributed by atoms with Crippen molar-refractivity contribution in [3.63, 3.8) is 0 Å². The van der Waals surface area contributed by atoms with Gasteiger partial charge in [0, 0.05) is 30.0 Å². The zero-order valence-corrected chi connectivity index (χ0v) is 13.3. The minimum Gasteiger partial charge on any atom is -0.452 e. The number of nitrogens with zero attached hydrogens (tertiary/aromatic N) is 2. The molecule has 0 saturated carbocycles. The fourth-order valence-electron chi connectivity index (χ4n) is 2.80. The predicted octanol–water partition coefficient (Wildman–Crippen LogP) is 3.36. The molecule has 6 nitrogen and oxygen atoms in total. The Bertz CT molecular complexity index is 722. The molecular weight excluding hydrogens is 292 g/mol. The molecule has 1 aromatic carbocycles. The molecule has 6 heteroatoms. The van der Waals surface area contributed by atoms with Gasteiger partial charge >= 0.3 is 6.09 Å². The van der Waals surface area contributed by atoms with Crippen LogP contribution in [0.4, 0.5) is 16.2 Å². The molecule has 1 aromatic heterocycles. The molecular formula is C17H20N4O2. The Morgan fingerprint density at radius 2 is 2.35 bits per heavy atom. The summed E-state index contributed by atoms with van der Waals surface area (Å²) in [7, 11) is 1.40. The molecule has 3 rings (SSSR count). The zero-order valence-electron chi connectivity index (χ0n) is 13.3. The van der Waals surface area contributed by atoms with Crippen molar-refractivity contribution < 1.29 is 9.53 Å². The fraction of sp³-hybridized carbons (Fsp3) is 0.294. The lowest BCUT2D eigenvalue weighted by atomic mass is 9.95. The standard InChI is InChI=1S/C17H20N4O2/c1-3-21(17(22)23-2)14-4-5-16-15(9-14)12(6-7-19-16)8-13-10-18-11-20-13/h4-5,8-11,19H,3,6-7H2,1-2H3,(H,18,20)/b12-8+. The molecule has 0 bridgehead atoms. The van der Waals surface area contributed by atoms with Crippen LogP contribution in [-0.4, -0.2) is 36.3 Å². The van der Waals surface area contributed by atoms with Gasteiger partial charge in [0.15, 0.2) is 0 Å². The highest BCUT2D eigenvalue weighted by atomic mass is 16.5. The third-order valence-corrected chi connectivity index (χ3v) is 3.93. The fourth-order valence-corrected chi connectivity index (χ4v) is 2.80. The van der Waals surface area contributed by atoms with Crippen LogP contribution in [0.1, 0.15) is 24.6 Å². The van der Waals surface area contributed by atoms with E-state index in [9.17, 15) is 4.79 Å². The van der Waals surface area contributed by atoms with Gasteiger partial charge in [-0.25, -0.2) is 9.78 Å². The number of hydrogen-bond donors (Lipinski definition) is 2. The largest absolute Gasteiger partial charge is 0.452 e. The number of nitrogens with one attached hydrogen (secondary N) is 2. The summed E-state index contributed by atoms with van der Waals surface area (Å²) in [4.78, 5) is 20.7. The Morgan fingerprint density at radius 3 is 3.04 bits per heavy atom.